The highest BCUT2D eigenvalue weighted by atomic mass is 19.4. The molecule has 1 N–H and O–H groups in total. The number of benzene rings is 1. The van der Waals surface area contributed by atoms with Gasteiger partial charge in [-0.15, -0.1) is 0 Å². The highest BCUT2D eigenvalue weighted by Crippen LogP contribution is 2.25. The van der Waals surface area contributed by atoms with Crippen molar-refractivity contribution in [2.24, 2.45) is 0 Å². The molecule has 0 saturated carbocycles. The van der Waals surface area contributed by atoms with Crippen molar-refractivity contribution in [3.63, 3.8) is 0 Å². The summed E-state index contributed by atoms with van der Waals surface area (Å²) in [6.45, 7) is 0.987. The van der Waals surface area contributed by atoms with Gasteiger partial charge in [-0.3, -0.25) is 4.90 Å². The summed E-state index contributed by atoms with van der Waals surface area (Å²) >= 11 is 0. The molecule has 0 saturated heterocycles. The van der Waals surface area contributed by atoms with Gasteiger partial charge in [-0.25, -0.2) is 4.39 Å². The lowest BCUT2D eigenvalue weighted by Gasteiger charge is -2.28. The second kappa shape index (κ2) is 5.67. The molecule has 0 radical (unpaired) electrons. The number of halogens is 4. The molecule has 0 fully saturated rings. The predicted octanol–water partition coefficient (Wildman–Crippen LogP) is 2.74. The largest absolute Gasteiger partial charge is 0.415 e. The van der Waals surface area contributed by atoms with Crippen molar-refractivity contribution in [2.45, 2.75) is 25.2 Å². The van der Waals surface area contributed by atoms with Crippen LogP contribution in [0.15, 0.2) is 24.3 Å². The SMILES string of the molecule is CC(c1ccccc1F)N(C)CC(O)C(F)(F)F. The second-order valence-electron chi connectivity index (χ2n) is 4.19. The minimum absolute atomic E-state index is 0.300. The minimum Gasteiger partial charge on any atom is -0.382 e. The summed E-state index contributed by atoms with van der Waals surface area (Å²) in [5, 5.41) is 8.96. The molecule has 0 amide bonds. The van der Waals surface area contributed by atoms with Gasteiger partial charge in [-0.05, 0) is 20.0 Å². The molecule has 1 aromatic rings. The van der Waals surface area contributed by atoms with Gasteiger partial charge in [0.25, 0.3) is 0 Å². The quantitative estimate of drug-likeness (QED) is 0.846. The first-order chi connectivity index (χ1) is 8.23. The van der Waals surface area contributed by atoms with Crippen LogP contribution in [0.2, 0.25) is 0 Å². The number of likely N-dealkylation sites (N-methyl/N-ethyl adjacent to an activating group) is 1. The van der Waals surface area contributed by atoms with E-state index in [0.717, 1.165) is 0 Å². The van der Waals surface area contributed by atoms with Crippen LogP contribution in [0, 0.1) is 5.82 Å². The third kappa shape index (κ3) is 3.68. The number of hydrogen-bond donors (Lipinski definition) is 1. The summed E-state index contributed by atoms with van der Waals surface area (Å²) in [5.74, 6) is -0.474. The van der Waals surface area contributed by atoms with Crippen LogP contribution in [0.4, 0.5) is 17.6 Å². The van der Waals surface area contributed by atoms with Crippen molar-refractivity contribution in [1.29, 1.82) is 0 Å². The normalized spacial score (nSPS) is 15.8. The Morgan fingerprint density at radius 1 is 1.28 bits per heavy atom. The first kappa shape index (κ1) is 14.9. The Hall–Kier alpha value is -1.14. The average Bonchev–Trinajstić information content (AvgIpc) is 2.27. The molecule has 1 rings (SSSR count). The Morgan fingerprint density at radius 2 is 1.83 bits per heavy atom. The molecule has 2 nitrogen and oxygen atoms in total. The molecular weight excluding hydrogens is 250 g/mol. The lowest BCUT2D eigenvalue weighted by atomic mass is 10.1. The molecule has 0 aromatic heterocycles. The Bertz CT molecular complexity index is 394. The molecular formula is C12H15F4NO. The highest BCUT2D eigenvalue weighted by Gasteiger charge is 2.39. The number of nitrogens with zero attached hydrogens (tertiary/aromatic N) is 1. The molecule has 0 heterocycles. The van der Waals surface area contributed by atoms with Crippen LogP contribution >= 0.6 is 0 Å². The fourth-order valence-electron chi connectivity index (χ4n) is 1.59. The third-order valence-corrected chi connectivity index (χ3v) is 2.86. The number of aliphatic hydroxyl groups excluding tert-OH is 1. The van der Waals surface area contributed by atoms with E-state index in [9.17, 15) is 17.6 Å². The predicted molar refractivity (Wildman–Crippen MR) is 59.5 cm³/mol. The maximum Gasteiger partial charge on any atom is 0.415 e. The van der Waals surface area contributed by atoms with Crippen LogP contribution in [-0.2, 0) is 0 Å². The first-order valence-electron chi connectivity index (χ1n) is 5.43. The van der Waals surface area contributed by atoms with Gasteiger partial charge in [-0.2, -0.15) is 13.2 Å². The summed E-state index contributed by atoms with van der Waals surface area (Å²) in [6.07, 6.45) is -7.10. The lowest BCUT2D eigenvalue weighted by molar-refractivity contribution is -0.208. The molecule has 0 bridgehead atoms. The number of aliphatic hydroxyl groups is 1. The number of alkyl halides is 3. The van der Waals surface area contributed by atoms with Crippen molar-refractivity contribution in [3.05, 3.63) is 35.6 Å². The van der Waals surface area contributed by atoms with Crippen molar-refractivity contribution < 1.29 is 22.7 Å². The molecule has 2 unspecified atom stereocenters. The average molecular weight is 265 g/mol. The van der Waals surface area contributed by atoms with Crippen molar-refractivity contribution in [1.82, 2.24) is 4.90 Å². The van der Waals surface area contributed by atoms with E-state index in [2.05, 4.69) is 0 Å². The summed E-state index contributed by atoms with van der Waals surface area (Å²) in [6, 6.07) is 5.33. The molecule has 18 heavy (non-hydrogen) atoms. The van der Waals surface area contributed by atoms with E-state index in [1.54, 1.807) is 13.0 Å². The van der Waals surface area contributed by atoms with Gasteiger partial charge in [0.1, 0.15) is 5.82 Å². The van der Waals surface area contributed by atoms with Crippen molar-refractivity contribution in [3.8, 4) is 0 Å². The molecule has 0 aliphatic heterocycles. The third-order valence-electron chi connectivity index (χ3n) is 2.86. The fourth-order valence-corrected chi connectivity index (χ4v) is 1.59. The van der Waals surface area contributed by atoms with Crippen molar-refractivity contribution >= 4 is 0 Å². The van der Waals surface area contributed by atoms with Gasteiger partial charge < -0.3 is 5.11 Å². The molecule has 0 aliphatic carbocycles. The Kier molecular flexibility index (Phi) is 4.70. The summed E-state index contributed by atoms with van der Waals surface area (Å²) < 4.78 is 50.1. The number of hydrogen-bond acceptors (Lipinski definition) is 2. The van der Waals surface area contributed by atoms with E-state index in [1.807, 2.05) is 0 Å². The van der Waals surface area contributed by atoms with E-state index >= 15 is 0 Å². The van der Waals surface area contributed by atoms with Gasteiger partial charge in [-0.1, -0.05) is 18.2 Å². The van der Waals surface area contributed by atoms with Gasteiger partial charge in [0.05, 0.1) is 0 Å². The van der Waals surface area contributed by atoms with Crippen LogP contribution in [0.3, 0.4) is 0 Å². The minimum atomic E-state index is -4.66. The van der Waals surface area contributed by atoms with E-state index < -0.39 is 30.7 Å². The Labute approximate surface area is 103 Å². The molecule has 6 heteroatoms. The number of rotatable bonds is 4. The van der Waals surface area contributed by atoms with Crippen LogP contribution < -0.4 is 0 Å². The summed E-state index contributed by atoms with van der Waals surface area (Å²) in [7, 11) is 1.41. The van der Waals surface area contributed by atoms with Gasteiger partial charge >= 0.3 is 6.18 Å². The molecule has 2 atom stereocenters. The Morgan fingerprint density at radius 3 is 2.33 bits per heavy atom. The van der Waals surface area contributed by atoms with E-state index in [1.165, 1.54) is 30.1 Å². The summed E-state index contributed by atoms with van der Waals surface area (Å²) in [5.41, 5.74) is 0.300. The van der Waals surface area contributed by atoms with Crippen LogP contribution in [-0.4, -0.2) is 35.9 Å². The topological polar surface area (TPSA) is 23.5 Å². The Balaban J connectivity index is 2.73. The maximum absolute atomic E-state index is 13.5. The smallest absolute Gasteiger partial charge is 0.382 e. The first-order valence-corrected chi connectivity index (χ1v) is 5.43. The fraction of sp³-hybridized carbons (Fsp3) is 0.500. The van der Waals surface area contributed by atoms with Gasteiger partial charge in [0.15, 0.2) is 6.10 Å². The molecule has 0 spiro atoms. The van der Waals surface area contributed by atoms with Crippen LogP contribution in [0.5, 0.6) is 0 Å². The van der Waals surface area contributed by atoms with E-state index in [4.69, 9.17) is 5.11 Å². The van der Waals surface area contributed by atoms with Crippen LogP contribution in [0.25, 0.3) is 0 Å². The van der Waals surface area contributed by atoms with E-state index in [0.29, 0.717) is 5.56 Å². The molecule has 0 aliphatic rings. The highest BCUT2D eigenvalue weighted by molar-refractivity contribution is 5.20. The molecule has 1 aromatic carbocycles. The molecule has 102 valence electrons. The van der Waals surface area contributed by atoms with Gasteiger partial charge in [0, 0.05) is 18.2 Å². The summed E-state index contributed by atoms with van der Waals surface area (Å²) in [4.78, 5) is 1.26. The second-order valence-corrected chi connectivity index (χ2v) is 4.19. The van der Waals surface area contributed by atoms with E-state index in [-0.39, 0.29) is 0 Å². The zero-order valence-corrected chi connectivity index (χ0v) is 10.1. The standard InChI is InChI=1S/C12H15F4NO/c1-8(9-5-3-4-6-10(9)13)17(2)7-11(18)12(14,15)16/h3-6,8,11,18H,7H2,1-2H3. The zero-order chi connectivity index (χ0) is 13.9. The zero-order valence-electron chi connectivity index (χ0n) is 10.1. The maximum atomic E-state index is 13.5. The van der Waals surface area contributed by atoms with Gasteiger partial charge in [0.2, 0.25) is 0 Å². The van der Waals surface area contributed by atoms with Crippen LogP contribution in [0.1, 0.15) is 18.5 Å². The lowest BCUT2D eigenvalue weighted by Crippen LogP contribution is -2.40. The van der Waals surface area contributed by atoms with Crippen molar-refractivity contribution in [2.75, 3.05) is 13.6 Å². The monoisotopic (exact) mass is 265 g/mol.